The number of likely N-dealkylation sites (tertiary alicyclic amines) is 1. The molecule has 2 saturated heterocycles. The summed E-state index contributed by atoms with van der Waals surface area (Å²) >= 11 is 0. The Bertz CT molecular complexity index is 631. The molecule has 136 valence electrons. The lowest BCUT2D eigenvalue weighted by Gasteiger charge is -2.56. The van der Waals surface area contributed by atoms with E-state index in [1.165, 1.54) is 6.42 Å². The SMILES string of the molecule is COC1(c2ccnc(C(N)=O)c2)[C@@H]2CCC[C@H]1CN([C@@H]1CCOC1)C2. The first-order valence-corrected chi connectivity index (χ1v) is 9.28. The van der Waals surface area contributed by atoms with Crippen molar-refractivity contribution in [2.24, 2.45) is 17.6 Å². The van der Waals surface area contributed by atoms with E-state index in [0.717, 1.165) is 51.1 Å². The van der Waals surface area contributed by atoms with Gasteiger partial charge in [-0.2, -0.15) is 0 Å². The van der Waals surface area contributed by atoms with Crippen LogP contribution >= 0.6 is 0 Å². The van der Waals surface area contributed by atoms with Crippen LogP contribution in [0.25, 0.3) is 0 Å². The molecule has 6 heteroatoms. The Labute approximate surface area is 148 Å². The molecule has 25 heavy (non-hydrogen) atoms. The van der Waals surface area contributed by atoms with E-state index in [1.807, 2.05) is 19.2 Å². The van der Waals surface area contributed by atoms with Crippen molar-refractivity contribution in [2.75, 3.05) is 33.4 Å². The Kier molecular flexibility index (Phi) is 4.52. The number of hydrogen-bond donors (Lipinski definition) is 1. The highest BCUT2D eigenvalue weighted by Crippen LogP contribution is 2.52. The van der Waals surface area contributed by atoms with Gasteiger partial charge < -0.3 is 15.2 Å². The van der Waals surface area contributed by atoms with Gasteiger partial charge in [0.25, 0.3) is 5.91 Å². The maximum absolute atomic E-state index is 11.6. The molecule has 0 spiro atoms. The quantitative estimate of drug-likeness (QED) is 0.896. The Balaban J connectivity index is 1.69. The average Bonchev–Trinajstić information content (AvgIpc) is 3.15. The van der Waals surface area contributed by atoms with Gasteiger partial charge in [0.2, 0.25) is 0 Å². The number of rotatable bonds is 4. The van der Waals surface area contributed by atoms with Crippen LogP contribution in [0.2, 0.25) is 0 Å². The number of fused-ring (bicyclic) bond motifs is 2. The lowest BCUT2D eigenvalue weighted by molar-refractivity contribution is -0.174. The molecule has 2 N–H and O–H groups in total. The highest BCUT2D eigenvalue weighted by molar-refractivity contribution is 5.90. The Hall–Kier alpha value is -1.50. The van der Waals surface area contributed by atoms with Crippen molar-refractivity contribution in [3.63, 3.8) is 0 Å². The zero-order chi connectivity index (χ0) is 17.4. The van der Waals surface area contributed by atoms with Gasteiger partial charge in [-0.3, -0.25) is 14.7 Å². The Morgan fingerprint density at radius 1 is 1.36 bits per heavy atom. The molecule has 1 amide bonds. The molecule has 3 heterocycles. The van der Waals surface area contributed by atoms with E-state index in [2.05, 4.69) is 9.88 Å². The standard InChI is InChI=1S/C19H27N3O3/c1-24-19(13-5-7-21-17(9-13)18(20)23)14-3-2-4-15(19)11-22(10-14)16-6-8-25-12-16/h5,7,9,14-16H,2-4,6,8,10-12H2,1H3,(H2,20,23)/t14-,15+,16-,19?/m1/s1. The number of hydrogen-bond acceptors (Lipinski definition) is 5. The van der Waals surface area contributed by atoms with Crippen molar-refractivity contribution < 1.29 is 14.3 Å². The molecule has 1 unspecified atom stereocenters. The molecule has 6 nitrogen and oxygen atoms in total. The van der Waals surface area contributed by atoms with Gasteiger partial charge in [-0.25, -0.2) is 0 Å². The van der Waals surface area contributed by atoms with Crippen LogP contribution in [0.15, 0.2) is 18.3 Å². The van der Waals surface area contributed by atoms with Crippen molar-refractivity contribution in [3.05, 3.63) is 29.6 Å². The van der Waals surface area contributed by atoms with Crippen LogP contribution in [0.4, 0.5) is 0 Å². The smallest absolute Gasteiger partial charge is 0.267 e. The van der Waals surface area contributed by atoms with E-state index in [9.17, 15) is 4.79 Å². The minimum Gasteiger partial charge on any atom is -0.380 e. The lowest BCUT2D eigenvalue weighted by atomic mass is 9.62. The topological polar surface area (TPSA) is 77.7 Å². The molecule has 1 aliphatic carbocycles. The normalized spacial score (nSPS) is 35.6. The molecule has 0 aromatic carbocycles. The Morgan fingerprint density at radius 3 is 2.72 bits per heavy atom. The molecule has 1 saturated carbocycles. The van der Waals surface area contributed by atoms with Gasteiger partial charge in [0.15, 0.2) is 0 Å². The zero-order valence-corrected chi connectivity index (χ0v) is 14.8. The third kappa shape index (κ3) is 2.76. The molecule has 0 radical (unpaired) electrons. The van der Waals surface area contributed by atoms with E-state index < -0.39 is 5.91 Å². The second-order valence-electron chi connectivity index (χ2n) is 7.59. The third-order valence-corrected chi connectivity index (χ3v) is 6.45. The number of amides is 1. The molecule has 2 aliphatic heterocycles. The number of carbonyl (C=O) groups is 1. The molecule has 3 aliphatic rings. The minimum atomic E-state index is -0.487. The van der Waals surface area contributed by atoms with Crippen molar-refractivity contribution in [1.29, 1.82) is 0 Å². The summed E-state index contributed by atoms with van der Waals surface area (Å²) in [5.74, 6) is 0.334. The molecule has 4 rings (SSSR count). The number of primary amides is 1. The lowest BCUT2D eigenvalue weighted by Crippen LogP contribution is -2.61. The van der Waals surface area contributed by atoms with Crippen LogP contribution in [0.3, 0.4) is 0 Å². The predicted octanol–water partition coefficient (Wildman–Crippen LogP) is 1.54. The minimum absolute atomic E-state index is 0.318. The third-order valence-electron chi connectivity index (χ3n) is 6.45. The molecule has 2 bridgehead atoms. The van der Waals surface area contributed by atoms with Gasteiger partial charge in [0.05, 0.1) is 6.61 Å². The first-order chi connectivity index (χ1) is 12.1. The maximum Gasteiger partial charge on any atom is 0.267 e. The Morgan fingerprint density at radius 2 is 2.12 bits per heavy atom. The monoisotopic (exact) mass is 345 g/mol. The van der Waals surface area contributed by atoms with E-state index >= 15 is 0 Å². The number of piperidine rings is 1. The highest BCUT2D eigenvalue weighted by Gasteiger charge is 2.54. The molecule has 1 aromatic heterocycles. The predicted molar refractivity (Wildman–Crippen MR) is 93.1 cm³/mol. The second kappa shape index (κ2) is 6.67. The van der Waals surface area contributed by atoms with Gasteiger partial charge >= 0.3 is 0 Å². The van der Waals surface area contributed by atoms with Gasteiger partial charge in [-0.1, -0.05) is 6.42 Å². The van der Waals surface area contributed by atoms with Crippen LogP contribution in [-0.2, 0) is 15.1 Å². The summed E-state index contributed by atoms with van der Waals surface area (Å²) < 4.78 is 11.8. The number of carbonyl (C=O) groups excluding carboxylic acids is 1. The first kappa shape index (κ1) is 16.9. The van der Waals surface area contributed by atoms with Crippen LogP contribution in [-0.4, -0.2) is 55.2 Å². The summed E-state index contributed by atoms with van der Waals surface area (Å²) in [4.78, 5) is 18.3. The summed E-state index contributed by atoms with van der Waals surface area (Å²) in [6.07, 6.45) is 6.33. The van der Waals surface area contributed by atoms with Gasteiger partial charge in [0.1, 0.15) is 11.3 Å². The molecular formula is C19H27N3O3. The number of ether oxygens (including phenoxy) is 2. The van der Waals surface area contributed by atoms with Gasteiger partial charge in [0, 0.05) is 50.9 Å². The van der Waals surface area contributed by atoms with E-state index in [0.29, 0.717) is 23.6 Å². The van der Waals surface area contributed by atoms with Crippen molar-refractivity contribution in [1.82, 2.24) is 9.88 Å². The van der Waals surface area contributed by atoms with Crippen LogP contribution in [0.5, 0.6) is 0 Å². The van der Waals surface area contributed by atoms with Crippen molar-refractivity contribution >= 4 is 5.91 Å². The van der Waals surface area contributed by atoms with Crippen LogP contribution in [0, 0.1) is 11.8 Å². The van der Waals surface area contributed by atoms with Crippen molar-refractivity contribution in [3.8, 4) is 0 Å². The fourth-order valence-corrected chi connectivity index (χ4v) is 5.31. The summed E-state index contributed by atoms with van der Waals surface area (Å²) in [5.41, 5.74) is 6.48. The largest absolute Gasteiger partial charge is 0.380 e. The summed E-state index contributed by atoms with van der Waals surface area (Å²) in [6, 6.07) is 4.37. The summed E-state index contributed by atoms with van der Waals surface area (Å²) in [6.45, 7) is 3.76. The second-order valence-corrected chi connectivity index (χ2v) is 7.59. The average molecular weight is 345 g/mol. The number of aromatic nitrogens is 1. The first-order valence-electron chi connectivity index (χ1n) is 9.28. The number of nitrogens with two attached hydrogens (primary N) is 1. The molecule has 4 atom stereocenters. The molecular weight excluding hydrogens is 318 g/mol. The van der Waals surface area contributed by atoms with E-state index in [4.69, 9.17) is 15.2 Å². The van der Waals surface area contributed by atoms with Crippen LogP contribution in [0.1, 0.15) is 41.7 Å². The maximum atomic E-state index is 11.6. The summed E-state index contributed by atoms with van der Waals surface area (Å²) in [5, 5.41) is 0. The van der Waals surface area contributed by atoms with Gasteiger partial charge in [-0.05, 0) is 37.0 Å². The van der Waals surface area contributed by atoms with E-state index in [-0.39, 0.29) is 5.60 Å². The van der Waals surface area contributed by atoms with E-state index in [1.54, 1.807) is 6.20 Å². The summed E-state index contributed by atoms with van der Waals surface area (Å²) in [7, 11) is 1.81. The number of methoxy groups -OCH3 is 1. The number of pyridine rings is 1. The zero-order valence-electron chi connectivity index (χ0n) is 14.8. The highest BCUT2D eigenvalue weighted by atomic mass is 16.5. The van der Waals surface area contributed by atoms with Gasteiger partial charge in [-0.15, -0.1) is 0 Å². The fourth-order valence-electron chi connectivity index (χ4n) is 5.31. The number of nitrogens with zero attached hydrogens (tertiary/aromatic N) is 2. The van der Waals surface area contributed by atoms with Crippen LogP contribution < -0.4 is 5.73 Å². The fraction of sp³-hybridized carbons (Fsp3) is 0.684. The molecule has 3 fully saturated rings. The van der Waals surface area contributed by atoms with Crippen molar-refractivity contribution in [2.45, 2.75) is 37.3 Å². The molecule has 1 aromatic rings.